The molecule has 0 heterocycles. The highest BCUT2D eigenvalue weighted by molar-refractivity contribution is 6.17. The molecule has 0 amide bonds. The predicted octanol–water partition coefficient (Wildman–Crippen LogP) is 4.83. The summed E-state index contributed by atoms with van der Waals surface area (Å²) < 4.78 is 13.9. The zero-order valence-corrected chi connectivity index (χ0v) is 12.0. The van der Waals surface area contributed by atoms with Crippen LogP contribution in [0.4, 0.5) is 4.39 Å². The standard InChI is InChI=1S/C19H15FO/c1-12-6-5-7-13(2)18(12)19(21)16-10-11-17(20)15-9-4-3-8-14(15)16/h3-11H,1-2H3. The van der Waals surface area contributed by atoms with Crippen molar-refractivity contribution in [3.8, 4) is 0 Å². The molecule has 1 nitrogen and oxygen atoms in total. The molecular weight excluding hydrogens is 263 g/mol. The van der Waals surface area contributed by atoms with Gasteiger partial charge in [0.05, 0.1) is 0 Å². The molecule has 0 saturated carbocycles. The molecule has 0 aliphatic rings. The average Bonchev–Trinajstić information content (AvgIpc) is 2.47. The maximum Gasteiger partial charge on any atom is 0.194 e. The molecule has 0 spiro atoms. The molecule has 0 unspecified atom stereocenters. The lowest BCUT2D eigenvalue weighted by atomic mass is 9.92. The van der Waals surface area contributed by atoms with Crippen LogP contribution in [-0.2, 0) is 0 Å². The molecule has 3 aromatic rings. The molecule has 0 saturated heterocycles. The molecule has 0 atom stereocenters. The number of fused-ring (bicyclic) bond motifs is 1. The number of hydrogen-bond donors (Lipinski definition) is 0. The van der Waals surface area contributed by atoms with Crippen LogP contribution < -0.4 is 0 Å². The number of carbonyl (C=O) groups excluding carboxylic acids is 1. The van der Waals surface area contributed by atoms with Crippen molar-refractivity contribution in [3.05, 3.63) is 82.7 Å². The first-order valence-electron chi connectivity index (χ1n) is 6.88. The van der Waals surface area contributed by atoms with E-state index in [2.05, 4.69) is 0 Å². The number of halogens is 1. The smallest absolute Gasteiger partial charge is 0.194 e. The lowest BCUT2D eigenvalue weighted by Crippen LogP contribution is -2.07. The van der Waals surface area contributed by atoms with E-state index in [0.29, 0.717) is 21.9 Å². The largest absolute Gasteiger partial charge is 0.289 e. The Kier molecular flexibility index (Phi) is 3.30. The second-order valence-corrected chi connectivity index (χ2v) is 5.24. The molecule has 2 heteroatoms. The summed E-state index contributed by atoms with van der Waals surface area (Å²) in [6.45, 7) is 3.85. The lowest BCUT2D eigenvalue weighted by Gasteiger charge is -2.11. The zero-order valence-electron chi connectivity index (χ0n) is 12.0. The van der Waals surface area contributed by atoms with Crippen LogP contribution in [0.2, 0.25) is 0 Å². The van der Waals surface area contributed by atoms with Crippen molar-refractivity contribution in [1.82, 2.24) is 0 Å². The first-order chi connectivity index (χ1) is 10.1. The molecule has 0 aliphatic heterocycles. The minimum absolute atomic E-state index is 0.0539. The van der Waals surface area contributed by atoms with Crippen LogP contribution in [0.1, 0.15) is 27.0 Å². The fraction of sp³-hybridized carbons (Fsp3) is 0.105. The van der Waals surface area contributed by atoms with Gasteiger partial charge in [0, 0.05) is 16.5 Å². The molecule has 0 aliphatic carbocycles. The lowest BCUT2D eigenvalue weighted by molar-refractivity contribution is 0.103. The number of carbonyl (C=O) groups is 1. The highest BCUT2D eigenvalue weighted by Crippen LogP contribution is 2.26. The number of aryl methyl sites for hydroxylation is 2. The normalized spacial score (nSPS) is 10.8. The molecule has 0 bridgehead atoms. The summed E-state index contributed by atoms with van der Waals surface area (Å²) in [4.78, 5) is 12.9. The highest BCUT2D eigenvalue weighted by atomic mass is 19.1. The fourth-order valence-electron chi connectivity index (χ4n) is 2.77. The SMILES string of the molecule is Cc1cccc(C)c1C(=O)c1ccc(F)c2ccccc12. The van der Waals surface area contributed by atoms with Gasteiger partial charge in [0.25, 0.3) is 0 Å². The molecule has 21 heavy (non-hydrogen) atoms. The third kappa shape index (κ3) is 2.23. The minimum atomic E-state index is -0.302. The highest BCUT2D eigenvalue weighted by Gasteiger charge is 2.17. The van der Waals surface area contributed by atoms with Crippen LogP contribution in [0.25, 0.3) is 10.8 Å². The quantitative estimate of drug-likeness (QED) is 0.614. The van der Waals surface area contributed by atoms with Crippen LogP contribution in [0.15, 0.2) is 54.6 Å². The van der Waals surface area contributed by atoms with Crippen LogP contribution in [0, 0.1) is 19.7 Å². The number of hydrogen-bond acceptors (Lipinski definition) is 1. The van der Waals surface area contributed by atoms with Crippen molar-refractivity contribution in [2.45, 2.75) is 13.8 Å². The molecule has 0 fully saturated rings. The van der Waals surface area contributed by atoms with Gasteiger partial charge >= 0.3 is 0 Å². The van der Waals surface area contributed by atoms with Crippen molar-refractivity contribution in [2.75, 3.05) is 0 Å². The summed E-state index contributed by atoms with van der Waals surface area (Å²) in [5.41, 5.74) is 3.13. The minimum Gasteiger partial charge on any atom is -0.289 e. The van der Waals surface area contributed by atoms with Gasteiger partial charge in [-0.25, -0.2) is 4.39 Å². The molecule has 3 rings (SSSR count). The van der Waals surface area contributed by atoms with Crippen LogP contribution in [-0.4, -0.2) is 5.78 Å². The van der Waals surface area contributed by atoms with E-state index in [9.17, 15) is 9.18 Å². The second-order valence-electron chi connectivity index (χ2n) is 5.24. The Balaban J connectivity index is 2.26. The van der Waals surface area contributed by atoms with Crippen molar-refractivity contribution >= 4 is 16.6 Å². The third-order valence-electron chi connectivity index (χ3n) is 3.82. The van der Waals surface area contributed by atoms with Gasteiger partial charge in [0.1, 0.15) is 5.82 Å². The van der Waals surface area contributed by atoms with E-state index in [0.717, 1.165) is 11.1 Å². The van der Waals surface area contributed by atoms with Crippen molar-refractivity contribution in [1.29, 1.82) is 0 Å². The zero-order chi connectivity index (χ0) is 15.0. The summed E-state index contributed by atoms with van der Waals surface area (Å²) in [5, 5.41) is 1.14. The van der Waals surface area contributed by atoms with Crippen LogP contribution in [0.3, 0.4) is 0 Å². The Morgan fingerprint density at radius 1 is 0.810 bits per heavy atom. The Hall–Kier alpha value is -2.48. The molecule has 0 radical (unpaired) electrons. The van der Waals surface area contributed by atoms with Gasteiger partial charge in [0.2, 0.25) is 0 Å². The second kappa shape index (κ2) is 5.13. The van der Waals surface area contributed by atoms with E-state index in [1.54, 1.807) is 24.3 Å². The van der Waals surface area contributed by atoms with E-state index >= 15 is 0 Å². The van der Waals surface area contributed by atoms with Crippen molar-refractivity contribution in [2.24, 2.45) is 0 Å². The van der Waals surface area contributed by atoms with Crippen molar-refractivity contribution in [3.63, 3.8) is 0 Å². The van der Waals surface area contributed by atoms with Gasteiger partial charge < -0.3 is 0 Å². The monoisotopic (exact) mass is 278 g/mol. The molecule has 0 N–H and O–H groups in total. The Labute approximate surface area is 123 Å². The third-order valence-corrected chi connectivity index (χ3v) is 3.82. The Bertz CT molecular complexity index is 829. The van der Waals surface area contributed by atoms with E-state index in [1.165, 1.54) is 6.07 Å². The summed E-state index contributed by atoms with van der Waals surface area (Å²) >= 11 is 0. The maximum absolute atomic E-state index is 13.9. The van der Waals surface area contributed by atoms with E-state index in [4.69, 9.17) is 0 Å². The number of rotatable bonds is 2. The predicted molar refractivity (Wildman–Crippen MR) is 83.3 cm³/mol. The summed E-state index contributed by atoms with van der Waals surface area (Å²) in [6, 6.07) is 15.8. The van der Waals surface area contributed by atoms with Gasteiger partial charge in [0.15, 0.2) is 5.78 Å². The number of benzene rings is 3. The van der Waals surface area contributed by atoms with Crippen molar-refractivity contribution < 1.29 is 9.18 Å². The van der Waals surface area contributed by atoms with Gasteiger partial charge in [-0.1, -0.05) is 42.5 Å². The fourth-order valence-corrected chi connectivity index (χ4v) is 2.77. The first-order valence-corrected chi connectivity index (χ1v) is 6.88. The van der Waals surface area contributed by atoms with E-state index in [1.807, 2.05) is 38.1 Å². The first kappa shape index (κ1) is 13.5. The molecule has 104 valence electrons. The molecule has 0 aromatic heterocycles. The Morgan fingerprint density at radius 2 is 1.43 bits per heavy atom. The van der Waals surface area contributed by atoms with Gasteiger partial charge in [-0.05, 0) is 42.5 Å². The molecular formula is C19H15FO. The topological polar surface area (TPSA) is 17.1 Å². The molecule has 3 aromatic carbocycles. The van der Waals surface area contributed by atoms with Crippen LogP contribution in [0.5, 0.6) is 0 Å². The number of ketones is 1. The maximum atomic E-state index is 13.9. The van der Waals surface area contributed by atoms with E-state index < -0.39 is 0 Å². The Morgan fingerprint density at radius 3 is 2.10 bits per heavy atom. The summed E-state index contributed by atoms with van der Waals surface area (Å²) in [7, 11) is 0. The van der Waals surface area contributed by atoms with E-state index in [-0.39, 0.29) is 11.6 Å². The average molecular weight is 278 g/mol. The van der Waals surface area contributed by atoms with Gasteiger partial charge in [-0.3, -0.25) is 4.79 Å². The summed E-state index contributed by atoms with van der Waals surface area (Å²) in [5.74, 6) is -0.356. The van der Waals surface area contributed by atoms with Gasteiger partial charge in [-0.15, -0.1) is 0 Å². The van der Waals surface area contributed by atoms with Crippen LogP contribution >= 0.6 is 0 Å². The summed E-state index contributed by atoms with van der Waals surface area (Å²) in [6.07, 6.45) is 0. The van der Waals surface area contributed by atoms with Gasteiger partial charge in [-0.2, -0.15) is 0 Å².